The van der Waals surface area contributed by atoms with E-state index in [0.717, 1.165) is 11.3 Å². The lowest BCUT2D eigenvalue weighted by Gasteiger charge is -2.03. The maximum absolute atomic E-state index is 11.9. The zero-order valence-corrected chi connectivity index (χ0v) is 12.1. The fraction of sp³-hybridized carbons (Fsp3) is 0. The average Bonchev–Trinajstić information content (AvgIpc) is 2.61. The van der Waals surface area contributed by atoms with Gasteiger partial charge in [-0.25, -0.2) is 8.42 Å². The Hall–Kier alpha value is -0.700. The second kappa shape index (κ2) is 4.89. The highest BCUT2D eigenvalue weighted by molar-refractivity contribution is 9.11. The molecule has 0 spiro atoms. The lowest BCUT2D eigenvalue weighted by atomic mass is 10.6. The molecule has 0 saturated carbocycles. The highest BCUT2D eigenvalue weighted by Gasteiger charge is 2.19. The molecule has 0 aliphatic heterocycles. The van der Waals surface area contributed by atoms with Gasteiger partial charge in [-0.2, -0.15) is 5.10 Å². The molecular weight excluding hydrogens is 350 g/mol. The van der Waals surface area contributed by atoms with Crippen LogP contribution in [0.25, 0.3) is 0 Å². The molecule has 0 aliphatic carbocycles. The van der Waals surface area contributed by atoms with Gasteiger partial charge in [-0.1, -0.05) is 11.6 Å². The van der Waals surface area contributed by atoms with Crippen molar-refractivity contribution >= 4 is 54.7 Å². The second-order valence-electron chi connectivity index (χ2n) is 2.90. The van der Waals surface area contributed by atoms with Crippen molar-refractivity contribution in [3.8, 4) is 0 Å². The van der Waals surface area contributed by atoms with E-state index in [1.54, 1.807) is 6.07 Å². The molecule has 17 heavy (non-hydrogen) atoms. The Kier molecular flexibility index (Phi) is 3.67. The Labute approximate surface area is 115 Å². The molecule has 2 aromatic rings. The summed E-state index contributed by atoms with van der Waals surface area (Å²) in [5, 5.41) is 7.57. The largest absolute Gasteiger partial charge is 0.272 e. The van der Waals surface area contributed by atoms with Gasteiger partial charge in [-0.15, -0.1) is 16.4 Å². The van der Waals surface area contributed by atoms with E-state index in [9.17, 15) is 8.42 Å². The van der Waals surface area contributed by atoms with Crippen molar-refractivity contribution in [2.75, 3.05) is 4.72 Å². The van der Waals surface area contributed by atoms with Gasteiger partial charge in [0.2, 0.25) is 0 Å². The van der Waals surface area contributed by atoms with Crippen LogP contribution in [-0.4, -0.2) is 18.6 Å². The zero-order chi connectivity index (χ0) is 12.5. The van der Waals surface area contributed by atoms with Crippen LogP contribution in [0, 0.1) is 0 Å². The van der Waals surface area contributed by atoms with Crippen LogP contribution >= 0.6 is 38.9 Å². The van der Waals surface area contributed by atoms with Crippen molar-refractivity contribution < 1.29 is 8.42 Å². The van der Waals surface area contributed by atoms with E-state index in [-0.39, 0.29) is 10.0 Å². The number of hydrogen-bond acceptors (Lipinski definition) is 5. The Morgan fingerprint density at radius 1 is 1.47 bits per heavy atom. The number of nitrogens with one attached hydrogen (secondary N) is 1. The predicted octanol–water partition coefficient (Wildman–Crippen LogP) is 2.75. The number of rotatable bonds is 3. The minimum atomic E-state index is -3.66. The summed E-state index contributed by atoms with van der Waals surface area (Å²) in [6.45, 7) is 0. The molecule has 0 fully saturated rings. The fourth-order valence-corrected chi connectivity index (χ4v) is 4.40. The van der Waals surface area contributed by atoms with E-state index in [2.05, 4.69) is 30.8 Å². The van der Waals surface area contributed by atoms with Gasteiger partial charge in [0.1, 0.15) is 4.21 Å². The van der Waals surface area contributed by atoms with Crippen LogP contribution in [0.2, 0.25) is 5.02 Å². The van der Waals surface area contributed by atoms with E-state index in [1.807, 2.05) is 0 Å². The van der Waals surface area contributed by atoms with Crippen molar-refractivity contribution in [3.63, 3.8) is 0 Å². The molecule has 0 saturated heterocycles. The summed E-state index contributed by atoms with van der Waals surface area (Å²) in [7, 11) is -3.66. The molecule has 1 N–H and O–H groups in total. The van der Waals surface area contributed by atoms with E-state index < -0.39 is 10.0 Å². The summed E-state index contributed by atoms with van der Waals surface area (Å²) in [6, 6.07) is 4.46. The first-order valence-corrected chi connectivity index (χ1v) is 7.71. The third-order valence-corrected chi connectivity index (χ3v) is 6.00. The first-order valence-electron chi connectivity index (χ1n) is 4.24. The van der Waals surface area contributed by atoms with Crippen molar-refractivity contribution in [3.05, 3.63) is 33.2 Å². The van der Waals surface area contributed by atoms with Crippen LogP contribution in [0.1, 0.15) is 0 Å². The molecule has 0 unspecified atom stereocenters. The first kappa shape index (κ1) is 12.7. The Morgan fingerprint density at radius 3 is 2.76 bits per heavy atom. The molecule has 2 aromatic heterocycles. The van der Waals surface area contributed by atoms with Gasteiger partial charge in [0.15, 0.2) is 5.82 Å². The van der Waals surface area contributed by atoms with Gasteiger partial charge in [0.25, 0.3) is 10.0 Å². The van der Waals surface area contributed by atoms with Crippen molar-refractivity contribution in [1.29, 1.82) is 0 Å². The number of hydrogen-bond donors (Lipinski definition) is 1. The van der Waals surface area contributed by atoms with Crippen molar-refractivity contribution in [1.82, 2.24) is 10.2 Å². The SMILES string of the molecule is O=S(=O)(Nc1cccnn1)c1cc(Cl)c(Br)s1. The van der Waals surface area contributed by atoms with Crippen LogP contribution < -0.4 is 4.72 Å². The van der Waals surface area contributed by atoms with Crippen LogP contribution in [0.15, 0.2) is 32.4 Å². The normalized spacial score (nSPS) is 11.4. The molecule has 0 amide bonds. The average molecular weight is 355 g/mol. The molecule has 9 heteroatoms. The molecular formula is C8H5BrClN3O2S2. The summed E-state index contributed by atoms with van der Waals surface area (Å²) >= 11 is 9.97. The molecule has 0 aliphatic rings. The maximum Gasteiger partial charge on any atom is 0.272 e. The Morgan fingerprint density at radius 2 is 2.24 bits per heavy atom. The third-order valence-electron chi connectivity index (χ3n) is 1.70. The van der Waals surface area contributed by atoms with E-state index in [1.165, 1.54) is 18.3 Å². The summed E-state index contributed by atoms with van der Waals surface area (Å²) in [5.74, 6) is 0.160. The lowest BCUT2D eigenvalue weighted by molar-refractivity contribution is 0.603. The van der Waals surface area contributed by atoms with Crippen LogP contribution in [0.4, 0.5) is 5.82 Å². The topological polar surface area (TPSA) is 72.0 Å². The predicted molar refractivity (Wildman–Crippen MR) is 69.9 cm³/mol. The van der Waals surface area contributed by atoms with Gasteiger partial charge in [0, 0.05) is 6.20 Å². The van der Waals surface area contributed by atoms with Crippen LogP contribution in [0.3, 0.4) is 0 Å². The van der Waals surface area contributed by atoms with Gasteiger partial charge in [0.05, 0.1) is 8.81 Å². The van der Waals surface area contributed by atoms with Crippen molar-refractivity contribution in [2.45, 2.75) is 4.21 Å². The first-order chi connectivity index (χ1) is 7.99. The zero-order valence-electron chi connectivity index (χ0n) is 8.09. The summed E-state index contributed by atoms with van der Waals surface area (Å²) < 4.78 is 26.8. The van der Waals surface area contributed by atoms with E-state index in [0.29, 0.717) is 8.81 Å². The van der Waals surface area contributed by atoms with Crippen molar-refractivity contribution in [2.24, 2.45) is 0 Å². The molecule has 0 aromatic carbocycles. The summed E-state index contributed by atoms with van der Waals surface area (Å²) in [6.07, 6.45) is 1.45. The molecule has 0 radical (unpaired) electrons. The Bertz CT molecular complexity index is 610. The van der Waals surface area contributed by atoms with Gasteiger partial charge in [-0.05, 0) is 34.1 Å². The fourth-order valence-electron chi connectivity index (χ4n) is 1.00. The number of nitrogens with zero attached hydrogens (tertiary/aromatic N) is 2. The number of halogens is 2. The van der Waals surface area contributed by atoms with Crippen LogP contribution in [0.5, 0.6) is 0 Å². The van der Waals surface area contributed by atoms with Crippen LogP contribution in [-0.2, 0) is 10.0 Å². The monoisotopic (exact) mass is 353 g/mol. The third kappa shape index (κ3) is 2.95. The summed E-state index contributed by atoms with van der Waals surface area (Å²) in [5.41, 5.74) is 0. The number of thiophene rings is 1. The quantitative estimate of drug-likeness (QED) is 0.920. The van der Waals surface area contributed by atoms with Gasteiger partial charge < -0.3 is 0 Å². The molecule has 2 rings (SSSR count). The number of anilines is 1. The minimum absolute atomic E-state index is 0.111. The lowest BCUT2D eigenvalue weighted by Crippen LogP contribution is -2.12. The molecule has 5 nitrogen and oxygen atoms in total. The standard InChI is InChI=1S/C8H5BrClN3O2S2/c9-8-5(10)4-7(16-8)17(14,15)13-6-2-1-3-11-12-6/h1-4H,(H,12,13). The maximum atomic E-state index is 11.9. The minimum Gasteiger partial charge on any atom is -0.261 e. The number of aromatic nitrogens is 2. The molecule has 2 heterocycles. The second-order valence-corrected chi connectivity index (χ2v) is 7.59. The highest BCUT2D eigenvalue weighted by Crippen LogP contribution is 2.35. The smallest absolute Gasteiger partial charge is 0.261 e. The molecule has 0 bridgehead atoms. The van der Waals surface area contributed by atoms with Gasteiger partial charge in [-0.3, -0.25) is 4.72 Å². The van der Waals surface area contributed by atoms with Gasteiger partial charge >= 0.3 is 0 Å². The van der Waals surface area contributed by atoms with E-state index >= 15 is 0 Å². The number of sulfonamides is 1. The summed E-state index contributed by atoms with van der Waals surface area (Å²) in [4.78, 5) is 0. The highest BCUT2D eigenvalue weighted by atomic mass is 79.9. The van der Waals surface area contributed by atoms with E-state index in [4.69, 9.17) is 11.6 Å². The molecule has 0 atom stereocenters. The molecule has 90 valence electrons. The Balaban J connectivity index is 2.32.